The number of ether oxygens (including phenoxy) is 1. The number of anilines is 1. The molecule has 0 saturated carbocycles. The van der Waals surface area contributed by atoms with Crippen LogP contribution < -0.4 is 4.90 Å². The summed E-state index contributed by atoms with van der Waals surface area (Å²) >= 11 is 0. The molecule has 1 N–H and O–H groups in total. The molecule has 0 amide bonds. The van der Waals surface area contributed by atoms with Crippen molar-refractivity contribution in [2.45, 2.75) is 45.9 Å². The van der Waals surface area contributed by atoms with Gasteiger partial charge in [-0.15, -0.1) is 0 Å². The average Bonchev–Trinajstić information content (AvgIpc) is 2.40. The molecule has 0 spiro atoms. The lowest BCUT2D eigenvalue weighted by molar-refractivity contribution is 0.0340. The fourth-order valence-corrected chi connectivity index (χ4v) is 2.28. The van der Waals surface area contributed by atoms with E-state index < -0.39 is 0 Å². The van der Waals surface area contributed by atoms with Crippen LogP contribution in [0.15, 0.2) is 12.1 Å². The van der Waals surface area contributed by atoms with E-state index >= 15 is 0 Å². The molecule has 2 unspecified atom stereocenters. The van der Waals surface area contributed by atoms with Crippen molar-refractivity contribution < 1.29 is 9.84 Å². The number of morpholine rings is 1. The largest absolute Gasteiger partial charge is 0.392 e. The number of aryl methyl sites for hydroxylation is 1. The summed E-state index contributed by atoms with van der Waals surface area (Å²) in [7, 11) is 0. The number of aliphatic hydroxyl groups is 1. The van der Waals surface area contributed by atoms with Crippen LogP contribution in [-0.2, 0) is 17.8 Å². The van der Waals surface area contributed by atoms with Crippen LogP contribution in [0.2, 0.25) is 0 Å². The Morgan fingerprint density at radius 3 is 2.89 bits per heavy atom. The van der Waals surface area contributed by atoms with E-state index in [1.807, 2.05) is 12.1 Å². The van der Waals surface area contributed by atoms with Crippen molar-refractivity contribution >= 4 is 5.82 Å². The SMILES string of the molecule is CCc1cc(CO)cc(N2CC(C)OCC2C)n1. The minimum atomic E-state index is 0.0663. The molecule has 1 aromatic heterocycles. The Bertz CT molecular complexity index is 387. The van der Waals surface area contributed by atoms with Gasteiger partial charge in [0, 0.05) is 12.2 Å². The quantitative estimate of drug-likeness (QED) is 0.887. The molecule has 0 bridgehead atoms. The van der Waals surface area contributed by atoms with Gasteiger partial charge >= 0.3 is 0 Å². The van der Waals surface area contributed by atoms with Gasteiger partial charge in [-0.25, -0.2) is 4.98 Å². The highest BCUT2D eigenvalue weighted by molar-refractivity contribution is 5.44. The van der Waals surface area contributed by atoms with Crippen molar-refractivity contribution in [3.63, 3.8) is 0 Å². The van der Waals surface area contributed by atoms with Crippen LogP contribution >= 0.6 is 0 Å². The molecule has 1 saturated heterocycles. The molecule has 1 aliphatic heterocycles. The topological polar surface area (TPSA) is 45.6 Å². The van der Waals surface area contributed by atoms with E-state index in [4.69, 9.17) is 4.74 Å². The van der Waals surface area contributed by atoms with Crippen LogP contribution in [0, 0.1) is 0 Å². The van der Waals surface area contributed by atoms with Crippen molar-refractivity contribution in [3.05, 3.63) is 23.4 Å². The molecule has 2 rings (SSSR count). The Morgan fingerprint density at radius 1 is 1.44 bits per heavy atom. The highest BCUT2D eigenvalue weighted by atomic mass is 16.5. The third kappa shape index (κ3) is 2.82. The predicted molar refractivity (Wildman–Crippen MR) is 71.8 cm³/mol. The maximum atomic E-state index is 9.33. The van der Waals surface area contributed by atoms with Gasteiger partial charge in [-0.05, 0) is 38.0 Å². The summed E-state index contributed by atoms with van der Waals surface area (Å²) in [4.78, 5) is 6.94. The zero-order valence-corrected chi connectivity index (χ0v) is 11.4. The second-order valence-electron chi connectivity index (χ2n) is 4.98. The lowest BCUT2D eigenvalue weighted by Gasteiger charge is -2.38. The molecule has 0 aromatic carbocycles. The second-order valence-corrected chi connectivity index (χ2v) is 4.98. The molecule has 18 heavy (non-hydrogen) atoms. The van der Waals surface area contributed by atoms with E-state index in [9.17, 15) is 5.11 Å². The summed E-state index contributed by atoms with van der Waals surface area (Å²) in [6.07, 6.45) is 1.11. The van der Waals surface area contributed by atoms with Crippen molar-refractivity contribution in [2.24, 2.45) is 0 Å². The zero-order valence-electron chi connectivity index (χ0n) is 11.4. The van der Waals surface area contributed by atoms with Crippen molar-refractivity contribution in [3.8, 4) is 0 Å². The van der Waals surface area contributed by atoms with Crippen molar-refractivity contribution in [2.75, 3.05) is 18.1 Å². The highest BCUT2D eigenvalue weighted by Gasteiger charge is 2.24. The number of aromatic nitrogens is 1. The summed E-state index contributed by atoms with van der Waals surface area (Å²) in [6.45, 7) is 7.95. The summed E-state index contributed by atoms with van der Waals surface area (Å²) in [6, 6.07) is 4.28. The molecule has 1 fully saturated rings. The summed E-state index contributed by atoms with van der Waals surface area (Å²) in [5.74, 6) is 0.959. The van der Waals surface area contributed by atoms with Gasteiger partial charge in [0.1, 0.15) is 5.82 Å². The van der Waals surface area contributed by atoms with Gasteiger partial charge in [-0.1, -0.05) is 6.92 Å². The van der Waals surface area contributed by atoms with Gasteiger partial charge in [0.2, 0.25) is 0 Å². The van der Waals surface area contributed by atoms with Gasteiger partial charge in [0.15, 0.2) is 0 Å². The number of pyridine rings is 1. The number of nitrogens with zero attached hydrogens (tertiary/aromatic N) is 2. The van der Waals surface area contributed by atoms with Crippen LogP contribution in [-0.4, -0.2) is 35.4 Å². The molecule has 2 heterocycles. The Hall–Kier alpha value is -1.13. The van der Waals surface area contributed by atoms with Crippen LogP contribution in [0.4, 0.5) is 5.82 Å². The molecule has 4 nitrogen and oxygen atoms in total. The van der Waals surface area contributed by atoms with E-state index in [2.05, 4.69) is 30.7 Å². The first-order valence-corrected chi connectivity index (χ1v) is 6.63. The molecule has 0 radical (unpaired) electrons. The number of rotatable bonds is 3. The Balaban J connectivity index is 2.30. The van der Waals surface area contributed by atoms with E-state index in [1.54, 1.807) is 0 Å². The summed E-state index contributed by atoms with van der Waals surface area (Å²) < 4.78 is 5.64. The Morgan fingerprint density at radius 2 is 2.22 bits per heavy atom. The monoisotopic (exact) mass is 250 g/mol. The van der Waals surface area contributed by atoms with Gasteiger partial charge in [0.05, 0.1) is 25.4 Å². The van der Waals surface area contributed by atoms with E-state index in [1.165, 1.54) is 0 Å². The zero-order chi connectivity index (χ0) is 13.1. The maximum Gasteiger partial charge on any atom is 0.129 e. The number of aliphatic hydroxyl groups excluding tert-OH is 1. The lowest BCUT2D eigenvalue weighted by Crippen LogP contribution is -2.47. The van der Waals surface area contributed by atoms with Crippen LogP contribution in [0.25, 0.3) is 0 Å². The third-order valence-corrected chi connectivity index (χ3v) is 3.37. The molecule has 1 aromatic rings. The lowest BCUT2D eigenvalue weighted by atomic mass is 10.1. The number of hydrogen-bond donors (Lipinski definition) is 1. The first-order valence-electron chi connectivity index (χ1n) is 6.63. The molecular formula is C14H22N2O2. The molecule has 4 heteroatoms. The minimum Gasteiger partial charge on any atom is -0.392 e. The Kier molecular flexibility index (Phi) is 4.19. The fourth-order valence-electron chi connectivity index (χ4n) is 2.28. The minimum absolute atomic E-state index is 0.0663. The molecule has 2 atom stereocenters. The fraction of sp³-hybridized carbons (Fsp3) is 0.643. The molecule has 0 aliphatic carbocycles. The standard InChI is InChI=1S/C14H22N2O2/c1-4-13-5-12(8-17)6-14(15-13)16-7-11(3)18-9-10(16)2/h5-6,10-11,17H,4,7-9H2,1-3H3. The van der Waals surface area contributed by atoms with Crippen LogP contribution in [0.5, 0.6) is 0 Å². The summed E-state index contributed by atoms with van der Waals surface area (Å²) in [5, 5.41) is 9.33. The second kappa shape index (κ2) is 5.67. The van der Waals surface area contributed by atoms with Crippen molar-refractivity contribution in [1.82, 2.24) is 4.98 Å². The molecule has 1 aliphatic rings. The Labute approximate surface area is 109 Å². The van der Waals surface area contributed by atoms with Crippen LogP contribution in [0.1, 0.15) is 32.0 Å². The van der Waals surface area contributed by atoms with E-state index in [0.717, 1.165) is 36.6 Å². The summed E-state index contributed by atoms with van der Waals surface area (Å²) in [5.41, 5.74) is 1.96. The van der Waals surface area contributed by atoms with Gasteiger partial charge in [0.25, 0.3) is 0 Å². The first-order chi connectivity index (χ1) is 8.63. The maximum absolute atomic E-state index is 9.33. The molecular weight excluding hydrogens is 228 g/mol. The van der Waals surface area contributed by atoms with Gasteiger partial charge in [-0.2, -0.15) is 0 Å². The molecule has 100 valence electrons. The predicted octanol–water partition coefficient (Wildman–Crippen LogP) is 1.75. The van der Waals surface area contributed by atoms with Gasteiger partial charge < -0.3 is 14.7 Å². The van der Waals surface area contributed by atoms with Gasteiger partial charge in [-0.3, -0.25) is 0 Å². The smallest absolute Gasteiger partial charge is 0.129 e. The normalized spacial score (nSPS) is 24.3. The average molecular weight is 250 g/mol. The first kappa shape index (κ1) is 13.3. The highest BCUT2D eigenvalue weighted by Crippen LogP contribution is 2.22. The van der Waals surface area contributed by atoms with E-state index in [0.29, 0.717) is 6.04 Å². The van der Waals surface area contributed by atoms with E-state index in [-0.39, 0.29) is 12.7 Å². The number of hydrogen-bond acceptors (Lipinski definition) is 4. The van der Waals surface area contributed by atoms with Crippen LogP contribution in [0.3, 0.4) is 0 Å². The van der Waals surface area contributed by atoms with Crippen molar-refractivity contribution in [1.29, 1.82) is 0 Å². The third-order valence-electron chi connectivity index (χ3n) is 3.37.